The smallest absolute Gasteiger partial charge is 0.271 e. The van der Waals surface area contributed by atoms with Crippen LogP contribution in [0, 0.1) is 0 Å². The first-order valence-corrected chi connectivity index (χ1v) is 11.4. The monoisotopic (exact) mass is 441 g/mol. The second-order valence-electron chi connectivity index (χ2n) is 7.51. The van der Waals surface area contributed by atoms with Gasteiger partial charge in [-0.05, 0) is 24.1 Å². The number of hydrogen-bond donors (Lipinski definition) is 1. The highest BCUT2D eigenvalue weighted by molar-refractivity contribution is 7.89. The lowest BCUT2D eigenvalue weighted by atomic mass is 10.1. The van der Waals surface area contributed by atoms with E-state index in [0.29, 0.717) is 30.3 Å². The van der Waals surface area contributed by atoms with Crippen molar-refractivity contribution in [2.45, 2.75) is 24.7 Å². The molecule has 1 aliphatic rings. The Bertz CT molecular complexity index is 1160. The Morgan fingerprint density at radius 2 is 1.87 bits per heavy atom. The van der Waals surface area contributed by atoms with Crippen molar-refractivity contribution in [2.24, 2.45) is 0 Å². The summed E-state index contributed by atoms with van der Waals surface area (Å²) in [5.74, 6) is 0.124. The van der Waals surface area contributed by atoms with Crippen LogP contribution in [0.2, 0.25) is 0 Å². The summed E-state index contributed by atoms with van der Waals surface area (Å²) in [6, 6.07) is 5.21. The highest BCUT2D eigenvalue weighted by atomic mass is 32.2. The zero-order valence-electron chi connectivity index (χ0n) is 17.3. The molecule has 4 rings (SSSR count). The molecule has 0 radical (unpaired) electrons. The molecule has 3 aromatic rings. The normalized spacial score (nSPS) is 15.4. The maximum Gasteiger partial charge on any atom is 0.271 e. The first kappa shape index (κ1) is 21.1. The van der Waals surface area contributed by atoms with Crippen molar-refractivity contribution in [3.8, 4) is 11.4 Å². The fourth-order valence-electron chi connectivity index (χ4n) is 3.45. The Balaban J connectivity index is 1.57. The quantitative estimate of drug-likeness (QED) is 0.636. The van der Waals surface area contributed by atoms with E-state index in [2.05, 4.69) is 25.1 Å². The molecule has 1 N–H and O–H groups in total. The molecule has 0 unspecified atom stereocenters. The predicted molar refractivity (Wildman–Crippen MR) is 113 cm³/mol. The third-order valence-electron chi connectivity index (χ3n) is 5.12. The van der Waals surface area contributed by atoms with Crippen LogP contribution in [0.4, 0.5) is 0 Å². The average Bonchev–Trinajstić information content (AvgIpc) is 3.34. The number of sulfonamides is 1. The van der Waals surface area contributed by atoms with E-state index in [1.165, 1.54) is 16.7 Å². The molecular weight excluding hydrogens is 418 g/mol. The summed E-state index contributed by atoms with van der Waals surface area (Å²) in [4.78, 5) is 27.1. The van der Waals surface area contributed by atoms with E-state index < -0.39 is 10.0 Å². The molecule has 0 saturated carbocycles. The maximum atomic E-state index is 13.4. The van der Waals surface area contributed by atoms with Gasteiger partial charge in [-0.15, -0.1) is 0 Å². The molecule has 31 heavy (non-hydrogen) atoms. The van der Waals surface area contributed by atoms with Crippen LogP contribution in [0.1, 0.15) is 35.9 Å². The fourth-order valence-corrected chi connectivity index (χ4v) is 5.10. The van der Waals surface area contributed by atoms with Gasteiger partial charge in [0.25, 0.3) is 5.91 Å². The number of nitrogens with zero attached hydrogens (tertiary/aromatic N) is 6. The number of nitrogens with one attached hydrogen (secondary N) is 1. The number of hydrogen-bond acceptors (Lipinski definition) is 7. The summed E-state index contributed by atoms with van der Waals surface area (Å²) in [5.41, 5.74) is 1.57. The third kappa shape index (κ3) is 4.19. The van der Waals surface area contributed by atoms with Crippen LogP contribution in [0.25, 0.3) is 11.4 Å². The standard InChI is InChI=1S/C20H23N7O3S/c1-14(2)18-17(13-22-19(24-18)15-4-3-6-21-12-15)31(29,30)27-10-8-26(9-11-27)20(28)16-5-7-23-25-16/h3-7,12-14H,8-11H2,1-2H3,(H,23,25). The zero-order valence-corrected chi connectivity index (χ0v) is 18.1. The lowest BCUT2D eigenvalue weighted by molar-refractivity contribution is 0.0692. The maximum absolute atomic E-state index is 13.4. The average molecular weight is 442 g/mol. The van der Waals surface area contributed by atoms with Gasteiger partial charge in [0, 0.05) is 50.3 Å². The summed E-state index contributed by atoms with van der Waals surface area (Å²) in [7, 11) is -3.80. The number of aromatic nitrogens is 5. The number of aromatic amines is 1. The largest absolute Gasteiger partial charge is 0.335 e. The zero-order chi connectivity index (χ0) is 22.0. The minimum Gasteiger partial charge on any atom is -0.335 e. The number of rotatable bonds is 5. The molecule has 0 aliphatic carbocycles. The van der Waals surface area contributed by atoms with Gasteiger partial charge in [-0.25, -0.2) is 18.4 Å². The number of carbonyl (C=O) groups excluding carboxylic acids is 1. The molecule has 162 valence electrons. The van der Waals surface area contributed by atoms with Crippen LogP contribution in [0.3, 0.4) is 0 Å². The molecule has 3 aromatic heterocycles. The van der Waals surface area contributed by atoms with Crippen LogP contribution in [-0.4, -0.2) is 74.9 Å². The summed E-state index contributed by atoms with van der Waals surface area (Å²) >= 11 is 0. The van der Waals surface area contributed by atoms with Gasteiger partial charge < -0.3 is 4.90 Å². The molecule has 4 heterocycles. The molecule has 10 nitrogen and oxygen atoms in total. The van der Waals surface area contributed by atoms with Gasteiger partial charge in [-0.3, -0.25) is 14.9 Å². The molecule has 0 aromatic carbocycles. The van der Waals surface area contributed by atoms with Crippen molar-refractivity contribution in [3.63, 3.8) is 0 Å². The van der Waals surface area contributed by atoms with Gasteiger partial charge in [0.05, 0.1) is 11.9 Å². The Hall–Kier alpha value is -3.18. The number of H-pyrrole nitrogens is 1. The lowest BCUT2D eigenvalue weighted by Crippen LogP contribution is -2.50. The van der Waals surface area contributed by atoms with Crippen molar-refractivity contribution in [1.29, 1.82) is 0 Å². The van der Waals surface area contributed by atoms with E-state index in [-0.39, 0.29) is 29.8 Å². The van der Waals surface area contributed by atoms with E-state index in [0.717, 1.165) is 5.56 Å². The SMILES string of the molecule is CC(C)c1nc(-c2cccnc2)ncc1S(=O)(=O)N1CCN(C(=O)c2ccn[nH]2)CC1. The third-order valence-corrected chi connectivity index (χ3v) is 7.04. The van der Waals surface area contributed by atoms with Gasteiger partial charge in [0.15, 0.2) is 5.82 Å². The summed E-state index contributed by atoms with van der Waals surface area (Å²) < 4.78 is 28.1. The van der Waals surface area contributed by atoms with Gasteiger partial charge >= 0.3 is 0 Å². The summed E-state index contributed by atoms with van der Waals surface area (Å²) in [6.45, 7) is 4.78. The van der Waals surface area contributed by atoms with Gasteiger partial charge in [-0.2, -0.15) is 9.40 Å². The highest BCUT2D eigenvalue weighted by Gasteiger charge is 2.33. The second kappa shape index (κ2) is 8.52. The van der Waals surface area contributed by atoms with E-state index in [1.807, 2.05) is 19.9 Å². The minimum absolute atomic E-state index is 0.100. The highest BCUT2D eigenvalue weighted by Crippen LogP contribution is 2.27. The van der Waals surface area contributed by atoms with Gasteiger partial charge in [0.1, 0.15) is 10.6 Å². The number of amides is 1. The summed E-state index contributed by atoms with van der Waals surface area (Å²) in [6.07, 6.45) is 6.19. The van der Waals surface area contributed by atoms with Gasteiger partial charge in [-0.1, -0.05) is 13.8 Å². The Kier molecular flexibility index (Phi) is 5.79. The van der Waals surface area contributed by atoms with Crippen molar-refractivity contribution in [3.05, 3.63) is 54.4 Å². The molecule has 0 atom stereocenters. The van der Waals surface area contributed by atoms with Crippen LogP contribution < -0.4 is 0 Å². The first-order chi connectivity index (χ1) is 14.9. The molecule has 0 bridgehead atoms. The summed E-state index contributed by atoms with van der Waals surface area (Å²) in [5, 5.41) is 6.44. The van der Waals surface area contributed by atoms with E-state index in [4.69, 9.17) is 0 Å². The van der Waals surface area contributed by atoms with Crippen molar-refractivity contribution in [2.75, 3.05) is 26.2 Å². The molecule has 11 heteroatoms. The molecule has 0 spiro atoms. The topological polar surface area (TPSA) is 125 Å². The Morgan fingerprint density at radius 1 is 1.10 bits per heavy atom. The van der Waals surface area contributed by atoms with Gasteiger partial charge in [0.2, 0.25) is 10.0 Å². The molecule has 1 aliphatic heterocycles. The first-order valence-electron chi connectivity index (χ1n) is 9.94. The van der Waals surface area contributed by atoms with Crippen LogP contribution in [0.5, 0.6) is 0 Å². The van der Waals surface area contributed by atoms with Crippen molar-refractivity contribution < 1.29 is 13.2 Å². The second-order valence-corrected chi connectivity index (χ2v) is 9.41. The van der Waals surface area contributed by atoms with Crippen molar-refractivity contribution >= 4 is 15.9 Å². The lowest BCUT2D eigenvalue weighted by Gasteiger charge is -2.34. The number of carbonyl (C=O) groups is 1. The predicted octanol–water partition coefficient (Wildman–Crippen LogP) is 1.53. The van der Waals surface area contributed by atoms with Crippen molar-refractivity contribution in [1.82, 2.24) is 34.4 Å². The fraction of sp³-hybridized carbons (Fsp3) is 0.350. The number of pyridine rings is 1. The molecule has 1 amide bonds. The minimum atomic E-state index is -3.80. The van der Waals surface area contributed by atoms with Crippen LogP contribution in [-0.2, 0) is 10.0 Å². The molecule has 1 fully saturated rings. The van der Waals surface area contributed by atoms with E-state index in [9.17, 15) is 13.2 Å². The molecular formula is C20H23N7O3S. The van der Waals surface area contributed by atoms with Crippen LogP contribution in [0.15, 0.2) is 47.9 Å². The van der Waals surface area contributed by atoms with E-state index >= 15 is 0 Å². The van der Waals surface area contributed by atoms with E-state index in [1.54, 1.807) is 29.4 Å². The molecule has 1 saturated heterocycles. The number of piperazine rings is 1. The Labute approximate surface area is 180 Å². The van der Waals surface area contributed by atoms with Crippen LogP contribution >= 0.6 is 0 Å². The Morgan fingerprint density at radius 3 is 2.48 bits per heavy atom.